The van der Waals surface area contributed by atoms with Crippen LogP contribution in [0.1, 0.15) is 27.8 Å². The zero-order chi connectivity index (χ0) is 22.3. The number of ether oxygens (including phenoxy) is 1. The van der Waals surface area contributed by atoms with Gasteiger partial charge < -0.3 is 4.74 Å². The molecule has 0 fully saturated rings. The van der Waals surface area contributed by atoms with Crippen LogP contribution in [-0.2, 0) is 25.4 Å². The van der Waals surface area contributed by atoms with E-state index in [0.29, 0.717) is 22.0 Å². The van der Waals surface area contributed by atoms with Crippen LogP contribution in [0.25, 0.3) is 21.8 Å². The third kappa shape index (κ3) is 3.33. The number of imidazole rings is 1. The molecule has 0 aliphatic carbocycles. The molecule has 0 N–H and O–H groups in total. The van der Waals surface area contributed by atoms with E-state index in [1.165, 1.54) is 9.13 Å². The Bertz CT molecular complexity index is 1480. The SMILES string of the molecule is CCOC(=O)c1nn(CC(=O)c2ccc3c(c2)n(C)c(=O)n3C)c(=O)c2ccccc12. The Kier molecular flexibility index (Phi) is 5.02. The largest absolute Gasteiger partial charge is 0.461 e. The number of hydrogen-bond donors (Lipinski definition) is 0. The van der Waals surface area contributed by atoms with Crippen LogP contribution in [0.5, 0.6) is 0 Å². The first-order valence-electron chi connectivity index (χ1n) is 9.69. The monoisotopic (exact) mass is 420 g/mol. The van der Waals surface area contributed by atoms with Crippen LogP contribution in [0.4, 0.5) is 0 Å². The summed E-state index contributed by atoms with van der Waals surface area (Å²) in [4.78, 5) is 50.3. The van der Waals surface area contributed by atoms with Crippen molar-refractivity contribution in [2.45, 2.75) is 13.5 Å². The van der Waals surface area contributed by atoms with E-state index >= 15 is 0 Å². The molecule has 2 aromatic heterocycles. The molecule has 0 radical (unpaired) electrons. The van der Waals surface area contributed by atoms with Crippen LogP contribution < -0.4 is 11.2 Å². The number of esters is 1. The van der Waals surface area contributed by atoms with E-state index in [1.807, 2.05) is 0 Å². The van der Waals surface area contributed by atoms with Crippen molar-refractivity contribution in [3.05, 3.63) is 74.6 Å². The maximum atomic E-state index is 12.9. The molecule has 0 aliphatic rings. The Morgan fingerprint density at radius 3 is 2.35 bits per heavy atom. The molecule has 0 spiro atoms. The first-order valence-corrected chi connectivity index (χ1v) is 9.69. The van der Waals surface area contributed by atoms with Crippen molar-refractivity contribution in [1.29, 1.82) is 0 Å². The highest BCUT2D eigenvalue weighted by atomic mass is 16.5. The third-order valence-electron chi connectivity index (χ3n) is 5.22. The fourth-order valence-electron chi connectivity index (χ4n) is 3.60. The number of carbonyl (C=O) groups is 2. The van der Waals surface area contributed by atoms with Crippen molar-refractivity contribution in [3.8, 4) is 0 Å². The first-order chi connectivity index (χ1) is 14.8. The van der Waals surface area contributed by atoms with Gasteiger partial charge in [0.15, 0.2) is 11.5 Å². The highest BCUT2D eigenvalue weighted by molar-refractivity contribution is 6.02. The normalized spacial score (nSPS) is 11.2. The molecule has 0 saturated carbocycles. The number of hydrogen-bond acceptors (Lipinski definition) is 6. The van der Waals surface area contributed by atoms with Crippen LogP contribution in [-0.4, -0.2) is 37.3 Å². The van der Waals surface area contributed by atoms with Gasteiger partial charge in [-0.2, -0.15) is 5.10 Å². The van der Waals surface area contributed by atoms with Gasteiger partial charge in [0.25, 0.3) is 5.56 Å². The second-order valence-corrected chi connectivity index (χ2v) is 7.10. The maximum absolute atomic E-state index is 12.9. The summed E-state index contributed by atoms with van der Waals surface area (Å²) < 4.78 is 8.98. The molecular weight excluding hydrogens is 400 g/mol. The van der Waals surface area contributed by atoms with Gasteiger partial charge >= 0.3 is 11.7 Å². The number of ketones is 1. The van der Waals surface area contributed by atoms with Crippen molar-refractivity contribution in [3.63, 3.8) is 0 Å². The summed E-state index contributed by atoms with van der Waals surface area (Å²) in [7, 11) is 3.28. The van der Waals surface area contributed by atoms with Crippen molar-refractivity contribution in [2.24, 2.45) is 14.1 Å². The average Bonchev–Trinajstić information content (AvgIpc) is 2.99. The van der Waals surface area contributed by atoms with Crippen LogP contribution in [0.15, 0.2) is 52.1 Å². The summed E-state index contributed by atoms with van der Waals surface area (Å²) in [5.74, 6) is -1.04. The van der Waals surface area contributed by atoms with Gasteiger partial charge in [-0.3, -0.25) is 18.7 Å². The van der Waals surface area contributed by atoms with E-state index < -0.39 is 11.5 Å². The van der Waals surface area contributed by atoms with Gasteiger partial charge in [-0.1, -0.05) is 18.2 Å². The quantitative estimate of drug-likeness (QED) is 0.359. The van der Waals surface area contributed by atoms with Gasteiger partial charge in [-0.25, -0.2) is 14.3 Å². The fourth-order valence-corrected chi connectivity index (χ4v) is 3.60. The van der Waals surface area contributed by atoms with Gasteiger partial charge in [-0.05, 0) is 31.2 Å². The van der Waals surface area contributed by atoms with Gasteiger partial charge in [0.2, 0.25) is 0 Å². The van der Waals surface area contributed by atoms with Crippen molar-refractivity contribution >= 4 is 33.6 Å². The summed E-state index contributed by atoms with van der Waals surface area (Å²) in [6.45, 7) is 1.47. The van der Waals surface area contributed by atoms with E-state index in [4.69, 9.17) is 4.74 Å². The summed E-state index contributed by atoms with van der Waals surface area (Å²) in [6.07, 6.45) is 0. The van der Waals surface area contributed by atoms with Crippen LogP contribution in [0.2, 0.25) is 0 Å². The molecule has 0 aliphatic heterocycles. The topological polar surface area (TPSA) is 105 Å². The molecule has 2 aromatic carbocycles. The van der Waals surface area contributed by atoms with E-state index in [9.17, 15) is 19.2 Å². The first kappa shape index (κ1) is 20.3. The fraction of sp³-hybridized carbons (Fsp3) is 0.227. The van der Waals surface area contributed by atoms with E-state index in [1.54, 1.807) is 63.5 Å². The molecule has 158 valence electrons. The smallest absolute Gasteiger partial charge is 0.359 e. The molecule has 2 heterocycles. The maximum Gasteiger partial charge on any atom is 0.359 e. The number of rotatable bonds is 5. The van der Waals surface area contributed by atoms with Crippen LogP contribution in [0.3, 0.4) is 0 Å². The van der Waals surface area contributed by atoms with Crippen molar-refractivity contribution in [1.82, 2.24) is 18.9 Å². The highest BCUT2D eigenvalue weighted by Gasteiger charge is 2.20. The lowest BCUT2D eigenvalue weighted by molar-refractivity contribution is 0.0518. The van der Waals surface area contributed by atoms with E-state index in [-0.39, 0.29) is 35.7 Å². The Morgan fingerprint density at radius 1 is 0.968 bits per heavy atom. The van der Waals surface area contributed by atoms with Crippen LogP contribution >= 0.6 is 0 Å². The molecule has 0 saturated heterocycles. The predicted molar refractivity (Wildman–Crippen MR) is 114 cm³/mol. The minimum atomic E-state index is -0.666. The lowest BCUT2D eigenvalue weighted by atomic mass is 10.1. The second-order valence-electron chi connectivity index (χ2n) is 7.10. The van der Waals surface area contributed by atoms with E-state index in [0.717, 1.165) is 4.68 Å². The van der Waals surface area contributed by atoms with Gasteiger partial charge in [0.1, 0.15) is 6.54 Å². The summed E-state index contributed by atoms with van der Waals surface area (Å²) in [5.41, 5.74) is 0.911. The Balaban J connectivity index is 1.79. The second kappa shape index (κ2) is 7.67. The van der Waals surface area contributed by atoms with Crippen molar-refractivity contribution in [2.75, 3.05) is 6.61 Å². The number of nitrogens with zero attached hydrogens (tertiary/aromatic N) is 4. The molecule has 0 atom stereocenters. The third-order valence-corrected chi connectivity index (χ3v) is 5.22. The molecule has 9 nitrogen and oxygen atoms in total. The minimum absolute atomic E-state index is 0.0224. The molecule has 0 unspecified atom stereocenters. The average molecular weight is 420 g/mol. The zero-order valence-electron chi connectivity index (χ0n) is 17.3. The molecule has 31 heavy (non-hydrogen) atoms. The lowest BCUT2D eigenvalue weighted by Crippen LogP contribution is -2.29. The standard InChI is InChI=1S/C22H20N4O5/c1-4-31-21(29)19-14-7-5-6-8-15(14)20(28)26(23-19)12-18(27)13-9-10-16-17(11-13)25(3)22(30)24(16)2/h5-11H,4,12H2,1-3H3. The van der Waals surface area contributed by atoms with Crippen LogP contribution in [0, 0.1) is 0 Å². The molecule has 0 bridgehead atoms. The Labute approximate surface area is 176 Å². The number of Topliss-reactive ketones (excluding diaryl/α,β-unsaturated/α-hetero) is 1. The lowest BCUT2D eigenvalue weighted by Gasteiger charge is -2.10. The van der Waals surface area contributed by atoms with Crippen molar-refractivity contribution < 1.29 is 14.3 Å². The summed E-state index contributed by atoms with van der Waals surface area (Å²) in [5, 5.41) is 4.78. The predicted octanol–water partition coefficient (Wildman–Crippen LogP) is 1.65. The molecule has 9 heteroatoms. The van der Waals surface area contributed by atoms with Gasteiger partial charge in [0, 0.05) is 25.0 Å². The number of aryl methyl sites for hydroxylation is 2. The molecule has 4 aromatic rings. The molecular formula is C22H20N4O5. The number of benzene rings is 2. The Hall–Kier alpha value is -4.01. The van der Waals surface area contributed by atoms with E-state index in [2.05, 4.69) is 5.10 Å². The van der Waals surface area contributed by atoms with Gasteiger partial charge in [-0.15, -0.1) is 0 Å². The Morgan fingerprint density at radius 2 is 1.65 bits per heavy atom. The minimum Gasteiger partial charge on any atom is -0.461 e. The molecule has 0 amide bonds. The summed E-state index contributed by atoms with van der Waals surface area (Å²) >= 11 is 0. The van der Waals surface area contributed by atoms with Gasteiger partial charge in [0.05, 0.1) is 23.0 Å². The number of fused-ring (bicyclic) bond motifs is 2. The number of aromatic nitrogens is 4. The highest BCUT2D eigenvalue weighted by Crippen LogP contribution is 2.17. The zero-order valence-corrected chi connectivity index (χ0v) is 17.3. The summed E-state index contributed by atoms with van der Waals surface area (Å²) in [6, 6.07) is 11.5. The molecule has 4 rings (SSSR count). The number of carbonyl (C=O) groups excluding carboxylic acids is 2.